The number of pyridine rings is 1. The van der Waals surface area contributed by atoms with Crippen molar-refractivity contribution < 1.29 is 19.4 Å². The van der Waals surface area contributed by atoms with E-state index in [1.165, 1.54) is 0 Å². The van der Waals surface area contributed by atoms with Crippen molar-refractivity contribution in [1.29, 1.82) is 0 Å². The highest BCUT2D eigenvalue weighted by Crippen LogP contribution is 2.18. The number of hydrogen-bond donors (Lipinski definition) is 3. The van der Waals surface area contributed by atoms with Crippen molar-refractivity contribution in [3.05, 3.63) is 29.6 Å². The second-order valence-electron chi connectivity index (χ2n) is 4.76. The lowest BCUT2D eigenvalue weighted by Gasteiger charge is -2.23. The van der Waals surface area contributed by atoms with Crippen LogP contribution in [0.5, 0.6) is 0 Å². The van der Waals surface area contributed by atoms with Crippen molar-refractivity contribution >= 4 is 12.0 Å². The Kier molecular flexibility index (Phi) is 4.19. The molecule has 1 saturated heterocycles. The summed E-state index contributed by atoms with van der Waals surface area (Å²) in [7, 11) is 0. The number of nitrogens with one attached hydrogen (secondary N) is 2. The Balaban J connectivity index is 1.92. The predicted octanol–water partition coefficient (Wildman–Crippen LogP) is 0.433. The molecule has 1 aliphatic heterocycles. The van der Waals surface area contributed by atoms with Gasteiger partial charge >= 0.3 is 12.0 Å². The number of carbonyl (C=O) groups is 2. The molecule has 1 aromatic heterocycles. The Morgan fingerprint density at radius 1 is 1.55 bits per heavy atom. The van der Waals surface area contributed by atoms with Crippen molar-refractivity contribution in [1.82, 2.24) is 15.6 Å². The maximum absolute atomic E-state index is 11.8. The second kappa shape index (κ2) is 5.87. The minimum Gasteiger partial charge on any atom is -0.479 e. The number of rotatable bonds is 4. The highest BCUT2D eigenvalue weighted by molar-refractivity contribution is 5.86. The van der Waals surface area contributed by atoms with Gasteiger partial charge in [0.05, 0.1) is 18.8 Å². The average molecular weight is 279 g/mol. The fourth-order valence-electron chi connectivity index (χ4n) is 2.01. The standard InChI is InChI=1S/C13H17N3O4/c1-9-3-2-5-14-10(9)7-15-12(19)16-13(11(17)18)4-6-20-8-13/h2-3,5H,4,6-8H2,1H3,(H,17,18)(H2,15,16,19). The summed E-state index contributed by atoms with van der Waals surface area (Å²) < 4.78 is 5.07. The molecule has 1 aliphatic rings. The number of aliphatic carboxylic acids is 1. The molecular formula is C13H17N3O4. The largest absolute Gasteiger partial charge is 0.479 e. The first kappa shape index (κ1) is 14.3. The molecule has 7 nitrogen and oxygen atoms in total. The zero-order valence-corrected chi connectivity index (χ0v) is 11.2. The molecule has 1 unspecified atom stereocenters. The number of hydrogen-bond acceptors (Lipinski definition) is 4. The minimum absolute atomic E-state index is 0.0155. The zero-order valence-electron chi connectivity index (χ0n) is 11.2. The molecule has 3 N–H and O–H groups in total. The number of aromatic nitrogens is 1. The summed E-state index contributed by atoms with van der Waals surface area (Å²) in [6.07, 6.45) is 1.91. The van der Waals surface area contributed by atoms with Gasteiger partial charge in [-0.3, -0.25) is 4.98 Å². The SMILES string of the molecule is Cc1cccnc1CNC(=O)NC1(C(=O)O)CCOC1. The molecule has 2 amide bonds. The van der Waals surface area contributed by atoms with E-state index in [9.17, 15) is 14.7 Å². The van der Waals surface area contributed by atoms with E-state index in [4.69, 9.17) is 4.74 Å². The fourth-order valence-corrected chi connectivity index (χ4v) is 2.01. The van der Waals surface area contributed by atoms with Crippen LogP contribution in [0.15, 0.2) is 18.3 Å². The number of carboxylic acids is 1. The monoisotopic (exact) mass is 279 g/mol. The first-order valence-electron chi connectivity index (χ1n) is 6.31. The molecule has 0 spiro atoms. The Bertz CT molecular complexity index is 512. The third-order valence-corrected chi connectivity index (χ3v) is 3.32. The number of amides is 2. The Hall–Kier alpha value is -2.15. The van der Waals surface area contributed by atoms with E-state index in [0.717, 1.165) is 11.3 Å². The van der Waals surface area contributed by atoms with Crippen molar-refractivity contribution in [2.45, 2.75) is 25.4 Å². The number of urea groups is 1. The summed E-state index contributed by atoms with van der Waals surface area (Å²) in [5.41, 5.74) is 0.378. The van der Waals surface area contributed by atoms with Crippen LogP contribution < -0.4 is 10.6 Å². The predicted molar refractivity (Wildman–Crippen MR) is 70.1 cm³/mol. The molecule has 108 valence electrons. The summed E-state index contributed by atoms with van der Waals surface area (Å²) in [6.45, 7) is 2.45. The number of carboxylic acid groups (broad SMARTS) is 1. The van der Waals surface area contributed by atoms with Crippen molar-refractivity contribution in [3.8, 4) is 0 Å². The maximum Gasteiger partial charge on any atom is 0.332 e. The first-order valence-corrected chi connectivity index (χ1v) is 6.31. The molecule has 1 atom stereocenters. The van der Waals surface area contributed by atoms with E-state index in [2.05, 4.69) is 15.6 Å². The van der Waals surface area contributed by atoms with Gasteiger partial charge in [0.2, 0.25) is 0 Å². The Morgan fingerprint density at radius 2 is 2.35 bits per heavy atom. The van der Waals surface area contributed by atoms with Crippen molar-refractivity contribution in [2.75, 3.05) is 13.2 Å². The van der Waals surface area contributed by atoms with Crippen molar-refractivity contribution in [3.63, 3.8) is 0 Å². The van der Waals surface area contributed by atoms with Gasteiger partial charge in [0.15, 0.2) is 5.54 Å². The maximum atomic E-state index is 11.8. The lowest BCUT2D eigenvalue weighted by molar-refractivity contribution is -0.144. The number of ether oxygens (including phenoxy) is 1. The van der Waals surface area contributed by atoms with Gasteiger partial charge < -0.3 is 20.5 Å². The molecule has 1 fully saturated rings. The number of aryl methyl sites for hydroxylation is 1. The second-order valence-corrected chi connectivity index (χ2v) is 4.76. The molecule has 0 bridgehead atoms. The van der Waals surface area contributed by atoms with Gasteiger partial charge in [0, 0.05) is 19.2 Å². The van der Waals surface area contributed by atoms with E-state index in [0.29, 0.717) is 6.61 Å². The highest BCUT2D eigenvalue weighted by atomic mass is 16.5. The zero-order chi connectivity index (χ0) is 14.6. The van der Waals surface area contributed by atoms with Crippen LogP contribution in [0.4, 0.5) is 4.79 Å². The van der Waals surface area contributed by atoms with Crippen LogP contribution in [0.2, 0.25) is 0 Å². The van der Waals surface area contributed by atoms with Gasteiger partial charge in [0.25, 0.3) is 0 Å². The summed E-state index contributed by atoms with van der Waals surface area (Å²) >= 11 is 0. The lowest BCUT2D eigenvalue weighted by atomic mass is 9.99. The highest BCUT2D eigenvalue weighted by Gasteiger charge is 2.43. The molecule has 1 aromatic rings. The number of nitrogens with zero attached hydrogens (tertiary/aromatic N) is 1. The van der Waals surface area contributed by atoms with Gasteiger partial charge in [0.1, 0.15) is 0 Å². The first-order chi connectivity index (χ1) is 9.53. The molecule has 0 aliphatic carbocycles. The van der Waals surface area contributed by atoms with E-state index in [1.54, 1.807) is 6.20 Å². The number of carbonyl (C=O) groups excluding carboxylic acids is 1. The van der Waals surface area contributed by atoms with E-state index in [-0.39, 0.29) is 19.6 Å². The molecular weight excluding hydrogens is 262 g/mol. The molecule has 20 heavy (non-hydrogen) atoms. The van der Waals surface area contributed by atoms with Gasteiger partial charge in [-0.05, 0) is 18.6 Å². The molecule has 7 heteroatoms. The molecule has 0 aromatic carbocycles. The van der Waals surface area contributed by atoms with E-state index < -0.39 is 17.5 Å². The van der Waals surface area contributed by atoms with Crippen molar-refractivity contribution in [2.24, 2.45) is 0 Å². The van der Waals surface area contributed by atoms with Crippen LogP contribution >= 0.6 is 0 Å². The third kappa shape index (κ3) is 3.05. The van der Waals surface area contributed by atoms with E-state index >= 15 is 0 Å². The smallest absolute Gasteiger partial charge is 0.332 e. The summed E-state index contributed by atoms with van der Waals surface area (Å²) in [4.78, 5) is 27.2. The Labute approximate surface area is 116 Å². The summed E-state index contributed by atoms with van der Waals surface area (Å²) in [6, 6.07) is 3.17. The molecule has 2 heterocycles. The fraction of sp³-hybridized carbons (Fsp3) is 0.462. The van der Waals surface area contributed by atoms with Crippen LogP contribution in [-0.2, 0) is 16.1 Å². The summed E-state index contributed by atoms with van der Waals surface area (Å²) in [5, 5.41) is 14.3. The molecule has 2 rings (SSSR count). The topological polar surface area (TPSA) is 101 Å². The molecule has 0 radical (unpaired) electrons. The van der Waals surface area contributed by atoms with Crippen LogP contribution in [0, 0.1) is 6.92 Å². The van der Waals surface area contributed by atoms with Crippen LogP contribution in [0.3, 0.4) is 0 Å². The van der Waals surface area contributed by atoms with Crippen LogP contribution in [0.1, 0.15) is 17.7 Å². The minimum atomic E-state index is -1.33. The average Bonchev–Trinajstić information content (AvgIpc) is 2.88. The quantitative estimate of drug-likeness (QED) is 0.742. The Morgan fingerprint density at radius 3 is 2.95 bits per heavy atom. The van der Waals surface area contributed by atoms with Gasteiger partial charge in [-0.15, -0.1) is 0 Å². The lowest BCUT2D eigenvalue weighted by Crippen LogP contribution is -2.57. The normalized spacial score (nSPS) is 21.4. The summed E-state index contributed by atoms with van der Waals surface area (Å²) in [5.74, 6) is -1.08. The van der Waals surface area contributed by atoms with E-state index in [1.807, 2.05) is 19.1 Å². The van der Waals surface area contributed by atoms with Gasteiger partial charge in [-0.2, -0.15) is 0 Å². The van der Waals surface area contributed by atoms with Gasteiger partial charge in [-0.25, -0.2) is 9.59 Å². The van der Waals surface area contributed by atoms with Crippen LogP contribution in [-0.4, -0.2) is 40.8 Å². The van der Waals surface area contributed by atoms with Crippen LogP contribution in [0.25, 0.3) is 0 Å². The van der Waals surface area contributed by atoms with Gasteiger partial charge in [-0.1, -0.05) is 6.07 Å². The third-order valence-electron chi connectivity index (χ3n) is 3.32. The molecule has 0 saturated carbocycles.